The number of nitrogens with two attached hydrogens (primary N) is 1. The summed E-state index contributed by atoms with van der Waals surface area (Å²) >= 11 is 11.9. The normalized spacial score (nSPS) is 15.9. The number of pyridine rings is 2. The van der Waals surface area contributed by atoms with Crippen molar-refractivity contribution in [3.8, 4) is 0 Å². The third kappa shape index (κ3) is 12.9. The quantitative estimate of drug-likeness (QED) is 0.444. The summed E-state index contributed by atoms with van der Waals surface area (Å²) in [5.74, 6) is 2.19. The molecule has 4 heterocycles. The molecule has 2 fully saturated rings. The number of nitrogens with one attached hydrogen (secondary N) is 1. The molecule has 0 unspecified atom stereocenters. The van der Waals surface area contributed by atoms with Gasteiger partial charge in [0.05, 0.1) is 37.9 Å². The summed E-state index contributed by atoms with van der Waals surface area (Å²) in [5.41, 5.74) is 5.61. The van der Waals surface area contributed by atoms with Crippen LogP contribution in [0, 0.1) is 0 Å². The Morgan fingerprint density at radius 3 is 1.67 bits per heavy atom. The van der Waals surface area contributed by atoms with E-state index in [2.05, 4.69) is 30.3 Å². The fourth-order valence-corrected chi connectivity index (χ4v) is 4.16. The van der Waals surface area contributed by atoms with Gasteiger partial charge >= 0.3 is 0 Å². The number of hydrogen-bond donors (Lipinski definition) is 2. The molecule has 0 bridgehead atoms. The van der Waals surface area contributed by atoms with Crippen LogP contribution < -0.4 is 20.3 Å². The molecule has 0 aromatic carbocycles. The molecule has 0 radical (unpaired) electrons. The van der Waals surface area contributed by atoms with Gasteiger partial charge in [0.1, 0.15) is 23.3 Å². The second-order valence-electron chi connectivity index (χ2n) is 8.13. The van der Waals surface area contributed by atoms with Crippen molar-refractivity contribution in [2.24, 2.45) is 0 Å². The summed E-state index contributed by atoms with van der Waals surface area (Å²) in [4.78, 5) is 12.6. The number of rotatable bonds is 6. The van der Waals surface area contributed by atoms with Crippen molar-refractivity contribution in [1.82, 2.24) is 9.97 Å². The van der Waals surface area contributed by atoms with Crippen molar-refractivity contribution in [1.29, 1.82) is 0 Å². The molecule has 2 aromatic heterocycles. The fourth-order valence-electron chi connectivity index (χ4n) is 3.18. The summed E-state index contributed by atoms with van der Waals surface area (Å²) in [6.07, 6.45) is 0. The third-order valence-corrected chi connectivity index (χ3v) is 8.29. The summed E-state index contributed by atoms with van der Waals surface area (Å²) < 4.78 is 55.5. The van der Waals surface area contributed by atoms with Crippen LogP contribution in [-0.2, 0) is 28.5 Å². The lowest BCUT2D eigenvalue weighted by Gasteiger charge is -2.28. The Hall–Kier alpha value is -1.81. The van der Waals surface area contributed by atoms with Crippen LogP contribution in [0.25, 0.3) is 0 Å². The zero-order valence-corrected chi connectivity index (χ0v) is 25.5. The van der Waals surface area contributed by atoms with E-state index in [1.54, 1.807) is 19.1 Å². The number of nitrogens with zero attached hydrogens (tertiary/aromatic N) is 4. The van der Waals surface area contributed by atoms with E-state index >= 15 is 0 Å². The summed E-state index contributed by atoms with van der Waals surface area (Å²) in [7, 11) is -1.85. The van der Waals surface area contributed by atoms with Crippen LogP contribution in [0.1, 0.15) is 13.8 Å². The molecule has 0 saturated carbocycles. The molecule has 4 rings (SSSR count). The fraction of sp³-hybridized carbons (Fsp3) is 0.545. The molecule has 2 aliphatic heterocycles. The van der Waals surface area contributed by atoms with Gasteiger partial charge in [0.2, 0.25) is 19.1 Å². The van der Waals surface area contributed by atoms with Crippen LogP contribution in [-0.4, -0.2) is 90.9 Å². The number of nitrogen functional groups attached to an aromatic ring is 1. The van der Waals surface area contributed by atoms with Crippen molar-refractivity contribution in [2.75, 3.05) is 84.4 Å². The number of anilines is 4. The van der Waals surface area contributed by atoms with E-state index < -0.39 is 19.1 Å². The van der Waals surface area contributed by atoms with E-state index in [1.165, 1.54) is 13.0 Å². The van der Waals surface area contributed by atoms with Crippen LogP contribution in [0.2, 0.25) is 10.0 Å². The second kappa shape index (κ2) is 15.8. The molecule has 220 valence electrons. The maximum atomic E-state index is 11.5. The van der Waals surface area contributed by atoms with Gasteiger partial charge in [0.15, 0.2) is 0 Å². The number of ether oxygens (including phenoxy) is 2. The maximum Gasteiger partial charge on any atom is 0.233 e. The number of sulfonamides is 1. The predicted octanol–water partition coefficient (Wildman–Crippen LogP) is 3.06. The highest BCUT2D eigenvalue weighted by Gasteiger charge is 2.16. The zero-order valence-electron chi connectivity index (χ0n) is 21.6. The first-order chi connectivity index (χ1) is 18.3. The Kier molecular flexibility index (Phi) is 13.6. The molecular weight excluding hydrogens is 615 g/mol. The van der Waals surface area contributed by atoms with Crippen LogP contribution in [0.4, 0.5) is 23.3 Å². The lowest BCUT2D eigenvalue weighted by atomic mass is 10.3. The molecule has 2 aliphatic rings. The lowest BCUT2D eigenvalue weighted by molar-refractivity contribution is 0.122. The van der Waals surface area contributed by atoms with Gasteiger partial charge < -0.3 is 25.0 Å². The van der Waals surface area contributed by atoms with E-state index in [4.69, 9.17) is 38.4 Å². The highest BCUT2D eigenvalue weighted by molar-refractivity contribution is 8.13. The van der Waals surface area contributed by atoms with Crippen LogP contribution in [0.3, 0.4) is 0 Å². The number of aromatic nitrogens is 2. The molecule has 12 nitrogen and oxygen atoms in total. The predicted molar refractivity (Wildman–Crippen MR) is 157 cm³/mol. The molecule has 0 spiro atoms. The first kappa shape index (κ1) is 33.4. The van der Waals surface area contributed by atoms with E-state index in [9.17, 15) is 16.8 Å². The van der Waals surface area contributed by atoms with Crippen molar-refractivity contribution < 1.29 is 26.3 Å². The first-order valence-electron chi connectivity index (χ1n) is 12.0. The Bertz CT molecular complexity index is 1250. The molecule has 0 amide bonds. The maximum absolute atomic E-state index is 11.5. The smallest absolute Gasteiger partial charge is 0.233 e. The number of morpholine rings is 2. The zero-order chi connectivity index (χ0) is 29.1. The van der Waals surface area contributed by atoms with Gasteiger partial charge in [0.25, 0.3) is 0 Å². The van der Waals surface area contributed by atoms with Gasteiger partial charge in [-0.3, -0.25) is 4.72 Å². The molecule has 39 heavy (non-hydrogen) atoms. The van der Waals surface area contributed by atoms with Gasteiger partial charge in [-0.2, -0.15) is 0 Å². The van der Waals surface area contributed by atoms with Crippen molar-refractivity contribution in [3.05, 3.63) is 34.3 Å². The lowest BCUT2D eigenvalue weighted by Crippen LogP contribution is -2.36. The number of hydrogen-bond acceptors (Lipinski definition) is 11. The Morgan fingerprint density at radius 2 is 1.26 bits per heavy atom. The molecule has 2 saturated heterocycles. The molecule has 17 heteroatoms. The van der Waals surface area contributed by atoms with Crippen molar-refractivity contribution >= 4 is 76.2 Å². The van der Waals surface area contributed by atoms with Gasteiger partial charge in [-0.15, -0.1) is 0 Å². The van der Waals surface area contributed by atoms with Gasteiger partial charge in [-0.1, -0.05) is 30.1 Å². The van der Waals surface area contributed by atoms with Gasteiger partial charge in [-0.25, -0.2) is 26.8 Å². The first-order valence-corrected chi connectivity index (χ1v) is 16.9. The summed E-state index contributed by atoms with van der Waals surface area (Å²) in [6.45, 7) is 8.88. The molecule has 0 atom stereocenters. The largest absolute Gasteiger partial charge is 0.384 e. The highest BCUT2D eigenvalue weighted by Crippen LogP contribution is 2.23. The summed E-state index contributed by atoms with van der Waals surface area (Å²) in [5, 5.41) is 1.07. The minimum atomic E-state index is -3.35. The molecular formula is C22H33Cl3N6O6S2. The van der Waals surface area contributed by atoms with Crippen LogP contribution in [0.15, 0.2) is 24.3 Å². The standard InChI is InChI=1S/C11H16ClN3O3S.C9H12ClN3O.C2H5ClO2S/c1-2-19(16,17)14-10-7-9(12)8-11(13-10)15-3-5-18-6-4-15;10-7-5-8(11)12-9(6-7)13-1-3-14-4-2-13;1-2-6(3,4)5/h7-8H,2-6H2,1H3,(H,13,14);5-6H,1-4H2,(H2,11,12);2H2,1H3. The van der Waals surface area contributed by atoms with Gasteiger partial charge in [-0.05, 0) is 25.1 Å². The Balaban J connectivity index is 0.000000234. The van der Waals surface area contributed by atoms with E-state index in [0.29, 0.717) is 48.0 Å². The summed E-state index contributed by atoms with van der Waals surface area (Å²) in [6, 6.07) is 6.68. The molecule has 2 aromatic rings. The minimum Gasteiger partial charge on any atom is -0.384 e. The van der Waals surface area contributed by atoms with Crippen molar-refractivity contribution in [2.45, 2.75) is 13.8 Å². The topological polar surface area (TPSA) is 157 Å². The van der Waals surface area contributed by atoms with Gasteiger partial charge in [0, 0.05) is 53.0 Å². The Labute approximate surface area is 244 Å². The molecule has 0 aliphatic carbocycles. The molecule has 3 N–H and O–H groups in total. The Morgan fingerprint density at radius 1 is 0.821 bits per heavy atom. The SMILES string of the molecule is CCS(=O)(=O)Cl.CCS(=O)(=O)Nc1cc(Cl)cc(N2CCOCC2)n1.Nc1cc(Cl)cc(N2CCOCC2)n1. The van der Waals surface area contributed by atoms with E-state index in [1.807, 2.05) is 11.0 Å². The van der Waals surface area contributed by atoms with E-state index in [0.717, 1.165) is 32.1 Å². The van der Waals surface area contributed by atoms with E-state index in [-0.39, 0.29) is 17.3 Å². The second-order valence-corrected chi connectivity index (χ2v) is 14.1. The van der Waals surface area contributed by atoms with Crippen molar-refractivity contribution in [3.63, 3.8) is 0 Å². The van der Waals surface area contributed by atoms with Crippen LogP contribution >= 0.6 is 33.9 Å². The van der Waals surface area contributed by atoms with Crippen LogP contribution in [0.5, 0.6) is 0 Å². The average molecular weight is 648 g/mol. The monoisotopic (exact) mass is 646 g/mol. The third-order valence-electron chi connectivity index (χ3n) is 5.23. The minimum absolute atomic E-state index is 0.00587. The number of halogens is 3. The highest BCUT2D eigenvalue weighted by atomic mass is 35.7. The average Bonchev–Trinajstić information content (AvgIpc) is 2.89.